The second-order valence-corrected chi connectivity index (χ2v) is 8.20. The number of halogens is 1. The van der Waals surface area contributed by atoms with Crippen LogP contribution >= 0.6 is 0 Å². The highest BCUT2D eigenvalue weighted by molar-refractivity contribution is 6.32. The number of aliphatic hydroxyl groups excluding tert-OH is 1. The molecule has 166 valence electrons. The number of aliphatic hydroxyl groups is 1. The lowest BCUT2D eigenvalue weighted by atomic mass is 9.92. The first-order chi connectivity index (χ1) is 15.2. The molecular formula is C24H23FN2O5. The minimum atomic E-state index is -0.748. The number of methoxy groups -OCH3 is 1. The molecule has 3 heterocycles. The first kappa shape index (κ1) is 21.7. The number of carbonyl (C=O) groups excluding carboxylic acids is 2. The summed E-state index contributed by atoms with van der Waals surface area (Å²) in [4.78, 5) is 28.7. The molecule has 8 heteroatoms. The molecule has 2 aliphatic rings. The van der Waals surface area contributed by atoms with Gasteiger partial charge in [-0.05, 0) is 44.2 Å². The third kappa shape index (κ3) is 3.89. The van der Waals surface area contributed by atoms with Crippen molar-refractivity contribution in [3.8, 4) is 0 Å². The van der Waals surface area contributed by atoms with E-state index in [9.17, 15) is 19.1 Å². The number of pyridine rings is 1. The zero-order valence-electron chi connectivity index (χ0n) is 17.9. The van der Waals surface area contributed by atoms with Crippen molar-refractivity contribution < 1.29 is 28.6 Å². The maximum Gasteiger partial charge on any atom is 0.311 e. The summed E-state index contributed by atoms with van der Waals surface area (Å²) in [5.41, 5.74) is 2.77. The molecule has 0 unspecified atom stereocenters. The molecule has 0 spiro atoms. The number of hydrogen-bond donors (Lipinski definition) is 2. The summed E-state index contributed by atoms with van der Waals surface area (Å²) in [6.07, 6.45) is 3.69. The molecule has 0 radical (unpaired) electrons. The summed E-state index contributed by atoms with van der Waals surface area (Å²) in [5.74, 6) is -1.59. The summed E-state index contributed by atoms with van der Waals surface area (Å²) in [7, 11) is 1.28. The number of anilines is 1. The van der Waals surface area contributed by atoms with Crippen molar-refractivity contribution in [1.82, 2.24) is 4.98 Å². The van der Waals surface area contributed by atoms with E-state index in [1.54, 1.807) is 18.3 Å². The molecule has 32 heavy (non-hydrogen) atoms. The molecule has 1 aromatic carbocycles. The Morgan fingerprint density at radius 3 is 2.75 bits per heavy atom. The Balaban J connectivity index is 1.67. The van der Waals surface area contributed by atoms with E-state index in [2.05, 4.69) is 10.3 Å². The van der Waals surface area contributed by atoms with Crippen LogP contribution in [0.3, 0.4) is 0 Å². The van der Waals surface area contributed by atoms with Gasteiger partial charge in [0.2, 0.25) is 0 Å². The fourth-order valence-corrected chi connectivity index (χ4v) is 3.95. The van der Waals surface area contributed by atoms with Crippen molar-refractivity contribution in [2.45, 2.75) is 25.9 Å². The van der Waals surface area contributed by atoms with E-state index in [4.69, 9.17) is 9.47 Å². The van der Waals surface area contributed by atoms with E-state index in [0.29, 0.717) is 22.7 Å². The van der Waals surface area contributed by atoms with Gasteiger partial charge in [-0.2, -0.15) is 0 Å². The minimum Gasteiger partial charge on any atom is -0.482 e. The molecule has 0 aliphatic carbocycles. The van der Waals surface area contributed by atoms with Gasteiger partial charge in [-0.25, -0.2) is 4.39 Å². The summed E-state index contributed by atoms with van der Waals surface area (Å²) >= 11 is 0. The van der Waals surface area contributed by atoms with Crippen LogP contribution in [0.25, 0.3) is 11.1 Å². The standard InChI is InChI=1S/C24H23FN2O5/c1-24(2)18(13-4-6-16(26-11-13)8-14(12-28)23(30)31-3)10-20(32-24)21-17-9-15(25)5-7-19(17)27-22(21)29/h4-7,9-11,14,28H,8,12H2,1-3H3,(H,27,29)/b21-20+/t14-/m1/s1. The van der Waals surface area contributed by atoms with Crippen molar-refractivity contribution >= 4 is 28.7 Å². The molecule has 1 atom stereocenters. The van der Waals surface area contributed by atoms with Crippen molar-refractivity contribution in [2.75, 3.05) is 19.0 Å². The smallest absolute Gasteiger partial charge is 0.311 e. The third-order valence-corrected chi connectivity index (χ3v) is 5.61. The van der Waals surface area contributed by atoms with E-state index in [-0.39, 0.29) is 24.5 Å². The number of carbonyl (C=O) groups is 2. The van der Waals surface area contributed by atoms with Crippen LogP contribution in [-0.2, 0) is 25.5 Å². The number of aromatic nitrogens is 1. The molecule has 2 aromatic rings. The Labute approximate surface area is 184 Å². The fourth-order valence-electron chi connectivity index (χ4n) is 3.95. The Bertz CT molecular complexity index is 1150. The van der Waals surface area contributed by atoms with Crippen molar-refractivity contribution in [2.24, 2.45) is 5.92 Å². The summed E-state index contributed by atoms with van der Waals surface area (Å²) in [6, 6.07) is 7.75. The number of nitrogens with one attached hydrogen (secondary N) is 1. The highest BCUT2D eigenvalue weighted by Gasteiger charge is 2.38. The number of benzene rings is 1. The van der Waals surface area contributed by atoms with Crippen LogP contribution < -0.4 is 5.32 Å². The molecule has 0 bridgehead atoms. The second-order valence-electron chi connectivity index (χ2n) is 8.20. The van der Waals surface area contributed by atoms with E-state index in [1.165, 1.54) is 25.3 Å². The number of fused-ring (bicyclic) bond motifs is 1. The van der Waals surface area contributed by atoms with Crippen molar-refractivity contribution in [3.05, 3.63) is 71.0 Å². The fraction of sp³-hybridized carbons (Fsp3) is 0.292. The number of nitrogens with zero attached hydrogens (tertiary/aromatic N) is 1. The highest BCUT2D eigenvalue weighted by Crippen LogP contribution is 2.44. The monoisotopic (exact) mass is 438 g/mol. The Hall–Kier alpha value is -3.52. The van der Waals surface area contributed by atoms with Crippen LogP contribution in [0.4, 0.5) is 10.1 Å². The first-order valence-electron chi connectivity index (χ1n) is 10.1. The average molecular weight is 438 g/mol. The lowest BCUT2D eigenvalue weighted by Crippen LogP contribution is -2.23. The average Bonchev–Trinajstić information content (AvgIpc) is 3.26. The molecule has 7 nitrogen and oxygen atoms in total. The zero-order chi connectivity index (χ0) is 23.0. The zero-order valence-corrected chi connectivity index (χ0v) is 17.9. The van der Waals surface area contributed by atoms with E-state index < -0.39 is 23.3 Å². The largest absolute Gasteiger partial charge is 0.482 e. The van der Waals surface area contributed by atoms with Gasteiger partial charge in [-0.1, -0.05) is 6.07 Å². The van der Waals surface area contributed by atoms with Crippen LogP contribution in [-0.4, -0.2) is 41.3 Å². The van der Waals surface area contributed by atoms with Gasteiger partial charge < -0.3 is 19.9 Å². The van der Waals surface area contributed by atoms with Crippen LogP contribution in [0.2, 0.25) is 0 Å². The van der Waals surface area contributed by atoms with E-state index in [0.717, 1.165) is 11.1 Å². The van der Waals surface area contributed by atoms with Gasteiger partial charge in [0.05, 0.1) is 25.2 Å². The van der Waals surface area contributed by atoms with Gasteiger partial charge in [0.15, 0.2) is 0 Å². The predicted molar refractivity (Wildman–Crippen MR) is 116 cm³/mol. The molecule has 0 fully saturated rings. The maximum absolute atomic E-state index is 13.8. The van der Waals surface area contributed by atoms with Crippen LogP contribution in [0.15, 0.2) is 48.4 Å². The number of ether oxygens (including phenoxy) is 2. The van der Waals surface area contributed by atoms with Gasteiger partial charge in [0, 0.05) is 40.7 Å². The normalized spacial score (nSPS) is 19.7. The van der Waals surface area contributed by atoms with Gasteiger partial charge in [0.25, 0.3) is 5.91 Å². The molecule has 0 saturated heterocycles. The lowest BCUT2D eigenvalue weighted by molar-refractivity contribution is -0.146. The van der Waals surface area contributed by atoms with E-state index in [1.807, 2.05) is 19.9 Å². The molecular weight excluding hydrogens is 415 g/mol. The quantitative estimate of drug-likeness (QED) is 0.550. The van der Waals surface area contributed by atoms with Gasteiger partial charge in [-0.15, -0.1) is 0 Å². The third-order valence-electron chi connectivity index (χ3n) is 5.61. The van der Waals surface area contributed by atoms with Crippen molar-refractivity contribution in [1.29, 1.82) is 0 Å². The van der Waals surface area contributed by atoms with Gasteiger partial charge in [0.1, 0.15) is 17.2 Å². The molecule has 2 aliphatic heterocycles. The maximum atomic E-state index is 13.8. The lowest BCUT2D eigenvalue weighted by Gasteiger charge is -2.23. The minimum absolute atomic E-state index is 0.250. The van der Waals surface area contributed by atoms with E-state index >= 15 is 0 Å². The Morgan fingerprint density at radius 2 is 2.09 bits per heavy atom. The number of esters is 1. The predicted octanol–water partition coefficient (Wildman–Crippen LogP) is 3.10. The topological polar surface area (TPSA) is 97.8 Å². The second kappa shape index (κ2) is 8.20. The molecule has 1 aromatic heterocycles. The van der Waals surface area contributed by atoms with Crippen LogP contribution in [0, 0.1) is 11.7 Å². The molecule has 0 saturated carbocycles. The first-order valence-corrected chi connectivity index (χ1v) is 10.1. The molecule has 2 N–H and O–H groups in total. The van der Waals surface area contributed by atoms with Crippen molar-refractivity contribution in [3.63, 3.8) is 0 Å². The van der Waals surface area contributed by atoms with Crippen LogP contribution in [0.1, 0.15) is 30.7 Å². The van der Waals surface area contributed by atoms with Gasteiger partial charge >= 0.3 is 5.97 Å². The van der Waals surface area contributed by atoms with Gasteiger partial charge in [-0.3, -0.25) is 14.6 Å². The summed E-state index contributed by atoms with van der Waals surface area (Å²) in [6.45, 7) is 3.42. The Morgan fingerprint density at radius 1 is 1.31 bits per heavy atom. The van der Waals surface area contributed by atoms with Crippen LogP contribution in [0.5, 0.6) is 0 Å². The number of rotatable bonds is 5. The summed E-state index contributed by atoms with van der Waals surface area (Å²) < 4.78 is 24.6. The number of hydrogen-bond acceptors (Lipinski definition) is 6. The molecule has 4 rings (SSSR count). The highest BCUT2D eigenvalue weighted by atomic mass is 19.1. The summed E-state index contributed by atoms with van der Waals surface area (Å²) in [5, 5.41) is 12.1. The SMILES string of the molecule is COC(=O)[C@@H](CO)Cc1ccc(C2=C/C(=C3\C(=O)Nc4ccc(F)cc43)OC2(C)C)cn1. The number of amides is 1. The Kier molecular flexibility index (Phi) is 5.56. The number of allylic oxidation sites excluding steroid dienone is 1. The molecule has 1 amide bonds.